The Hall–Kier alpha value is -5.03. The number of ether oxygens (including phenoxy) is 2. The molecule has 5 rings (SSSR count). The highest BCUT2D eigenvalue weighted by atomic mass is 16.6. The summed E-state index contributed by atoms with van der Waals surface area (Å²) < 4.78 is 12.1. The average molecular weight is 479 g/mol. The molecule has 1 aliphatic rings. The van der Waals surface area contributed by atoms with Gasteiger partial charge in [-0.15, -0.1) is 0 Å². The van der Waals surface area contributed by atoms with Gasteiger partial charge in [-0.3, -0.25) is 0 Å². The fourth-order valence-corrected chi connectivity index (χ4v) is 4.45. The van der Waals surface area contributed by atoms with E-state index in [2.05, 4.69) is 5.32 Å². The van der Waals surface area contributed by atoms with Crippen LogP contribution >= 0.6 is 0 Å². The summed E-state index contributed by atoms with van der Waals surface area (Å²) in [6, 6.07) is 24.9. The van der Waals surface area contributed by atoms with E-state index in [0.29, 0.717) is 5.69 Å². The van der Waals surface area contributed by atoms with Crippen molar-refractivity contribution in [1.82, 2.24) is 9.88 Å². The summed E-state index contributed by atoms with van der Waals surface area (Å²) in [6.07, 6.45) is 0.495. The second-order valence-corrected chi connectivity index (χ2v) is 8.26. The van der Waals surface area contributed by atoms with Gasteiger partial charge in [-0.2, -0.15) is 5.26 Å². The van der Waals surface area contributed by atoms with Crippen LogP contribution in [0.4, 0.5) is 10.5 Å². The lowest BCUT2D eigenvalue weighted by molar-refractivity contribution is 0.0593. The van der Waals surface area contributed by atoms with E-state index in [0.717, 1.165) is 27.8 Å². The number of alkyl carbamates (subject to hydrolysis) is 1. The van der Waals surface area contributed by atoms with Crippen molar-refractivity contribution in [2.45, 2.75) is 12.6 Å². The third-order valence-electron chi connectivity index (χ3n) is 6.20. The summed E-state index contributed by atoms with van der Waals surface area (Å²) in [5.41, 5.74) is 11.8. The Kier molecular flexibility index (Phi) is 5.88. The van der Waals surface area contributed by atoms with E-state index in [4.69, 9.17) is 15.2 Å². The Morgan fingerprint density at radius 2 is 1.61 bits per heavy atom. The van der Waals surface area contributed by atoms with Crippen LogP contribution in [-0.4, -0.2) is 23.7 Å². The van der Waals surface area contributed by atoms with Crippen LogP contribution in [0.3, 0.4) is 0 Å². The highest BCUT2D eigenvalue weighted by Crippen LogP contribution is 2.45. The maximum absolute atomic E-state index is 12.7. The molecule has 0 radical (unpaired) electrons. The third kappa shape index (κ3) is 3.93. The van der Waals surface area contributed by atoms with Crippen LogP contribution in [-0.2, 0) is 16.0 Å². The SMILES string of the molecule is COC(=O)c1c(N)c(C#N)cn1-c1ccc(CNC(=O)OC2c3ccccc3-c3ccccc32)cc1. The van der Waals surface area contributed by atoms with Gasteiger partial charge in [0.15, 0.2) is 11.8 Å². The number of nitrogens with zero attached hydrogens (tertiary/aromatic N) is 2. The van der Waals surface area contributed by atoms with Crippen molar-refractivity contribution in [3.63, 3.8) is 0 Å². The molecule has 8 heteroatoms. The third-order valence-corrected chi connectivity index (χ3v) is 6.20. The first kappa shape index (κ1) is 22.7. The number of amides is 1. The fourth-order valence-electron chi connectivity index (χ4n) is 4.45. The molecule has 4 aromatic rings. The van der Waals surface area contributed by atoms with Gasteiger partial charge in [-0.1, -0.05) is 60.7 Å². The molecule has 178 valence electrons. The highest BCUT2D eigenvalue weighted by Gasteiger charge is 2.31. The lowest BCUT2D eigenvalue weighted by atomic mass is 10.1. The fraction of sp³-hybridized carbons (Fsp3) is 0.107. The first-order chi connectivity index (χ1) is 17.5. The molecule has 0 saturated heterocycles. The van der Waals surface area contributed by atoms with Gasteiger partial charge in [0, 0.05) is 29.6 Å². The number of fused-ring (bicyclic) bond motifs is 3. The van der Waals surface area contributed by atoms with Gasteiger partial charge in [0.25, 0.3) is 0 Å². The van der Waals surface area contributed by atoms with E-state index in [1.54, 1.807) is 24.3 Å². The number of rotatable bonds is 5. The molecule has 0 saturated carbocycles. The van der Waals surface area contributed by atoms with Gasteiger partial charge in [0.1, 0.15) is 6.07 Å². The Bertz CT molecular complexity index is 1470. The molecule has 0 bridgehead atoms. The first-order valence-electron chi connectivity index (χ1n) is 11.2. The maximum atomic E-state index is 12.7. The predicted octanol–water partition coefficient (Wildman–Crippen LogP) is 4.71. The molecule has 8 nitrogen and oxygen atoms in total. The number of nitrogens with one attached hydrogen (secondary N) is 1. The number of nitrogen functional groups attached to an aromatic ring is 1. The molecule has 1 amide bonds. The van der Waals surface area contributed by atoms with E-state index in [-0.39, 0.29) is 23.5 Å². The summed E-state index contributed by atoms with van der Waals surface area (Å²) in [4.78, 5) is 24.9. The van der Waals surface area contributed by atoms with Crippen LogP contribution in [0.2, 0.25) is 0 Å². The molecule has 0 aliphatic heterocycles. The van der Waals surface area contributed by atoms with Gasteiger partial charge >= 0.3 is 12.1 Å². The molecule has 1 aromatic heterocycles. The second-order valence-electron chi connectivity index (χ2n) is 8.26. The molecular weight excluding hydrogens is 456 g/mol. The number of carbonyl (C=O) groups excluding carboxylic acids is 2. The number of carbonyl (C=O) groups is 2. The summed E-state index contributed by atoms with van der Waals surface area (Å²) in [5.74, 6) is -0.641. The number of aromatic nitrogens is 1. The van der Waals surface area contributed by atoms with Crippen molar-refractivity contribution < 1.29 is 19.1 Å². The van der Waals surface area contributed by atoms with Crippen LogP contribution in [0, 0.1) is 11.3 Å². The molecule has 3 N–H and O–H groups in total. The Morgan fingerprint density at radius 1 is 1.00 bits per heavy atom. The zero-order valence-electron chi connectivity index (χ0n) is 19.4. The minimum atomic E-state index is -0.641. The molecule has 0 unspecified atom stereocenters. The highest BCUT2D eigenvalue weighted by molar-refractivity contribution is 5.96. The Labute approximate surface area is 207 Å². The minimum absolute atomic E-state index is 0.0629. The van der Waals surface area contributed by atoms with Crippen molar-refractivity contribution in [2.75, 3.05) is 12.8 Å². The van der Waals surface area contributed by atoms with Gasteiger partial charge in [0.05, 0.1) is 18.4 Å². The topological polar surface area (TPSA) is 119 Å². The molecular formula is C28H22N4O4. The number of benzene rings is 3. The Balaban J connectivity index is 1.29. The van der Waals surface area contributed by atoms with Crippen molar-refractivity contribution in [3.8, 4) is 22.9 Å². The Morgan fingerprint density at radius 3 is 2.19 bits per heavy atom. The number of hydrogen-bond acceptors (Lipinski definition) is 6. The molecule has 0 spiro atoms. The lowest BCUT2D eigenvalue weighted by Gasteiger charge is -2.16. The van der Waals surface area contributed by atoms with Crippen LogP contribution in [0.25, 0.3) is 16.8 Å². The normalized spacial score (nSPS) is 11.8. The first-order valence-corrected chi connectivity index (χ1v) is 11.2. The van der Waals surface area contributed by atoms with Crippen LogP contribution in [0.1, 0.15) is 38.8 Å². The molecule has 3 aromatic carbocycles. The van der Waals surface area contributed by atoms with E-state index in [1.807, 2.05) is 54.6 Å². The van der Waals surface area contributed by atoms with Crippen LogP contribution in [0.5, 0.6) is 0 Å². The quantitative estimate of drug-likeness (QED) is 0.401. The van der Waals surface area contributed by atoms with E-state index in [9.17, 15) is 14.9 Å². The zero-order valence-corrected chi connectivity index (χ0v) is 19.4. The monoisotopic (exact) mass is 478 g/mol. The summed E-state index contributed by atoms with van der Waals surface area (Å²) in [6.45, 7) is 0.246. The molecule has 1 aliphatic carbocycles. The van der Waals surface area contributed by atoms with E-state index < -0.39 is 18.2 Å². The predicted molar refractivity (Wildman–Crippen MR) is 133 cm³/mol. The smallest absolute Gasteiger partial charge is 0.408 e. The van der Waals surface area contributed by atoms with E-state index in [1.165, 1.54) is 17.9 Å². The van der Waals surface area contributed by atoms with Crippen molar-refractivity contribution in [2.24, 2.45) is 0 Å². The van der Waals surface area contributed by atoms with E-state index >= 15 is 0 Å². The number of methoxy groups -OCH3 is 1. The molecule has 0 fully saturated rings. The average Bonchev–Trinajstić information content (AvgIpc) is 3.42. The number of esters is 1. The lowest BCUT2D eigenvalue weighted by Crippen LogP contribution is -2.25. The molecule has 36 heavy (non-hydrogen) atoms. The number of hydrogen-bond donors (Lipinski definition) is 2. The number of nitriles is 1. The molecule has 0 atom stereocenters. The minimum Gasteiger partial charge on any atom is -0.464 e. The van der Waals surface area contributed by atoms with Gasteiger partial charge in [-0.25, -0.2) is 9.59 Å². The summed E-state index contributed by atoms with van der Waals surface area (Å²) in [7, 11) is 1.25. The van der Waals surface area contributed by atoms with Gasteiger partial charge in [0.2, 0.25) is 0 Å². The standard InChI is InChI=1S/C28H22N4O4/c1-35-27(33)25-24(30)18(14-29)16-32(25)19-12-10-17(11-13-19)15-31-28(34)36-26-22-8-4-2-6-20(22)21-7-3-5-9-23(21)26/h2-13,16,26H,15,30H2,1H3,(H,31,34). The van der Waals surface area contributed by atoms with Crippen molar-refractivity contribution in [1.29, 1.82) is 5.26 Å². The summed E-state index contributed by atoms with van der Waals surface area (Å²) in [5, 5.41) is 12.1. The zero-order chi connectivity index (χ0) is 25.2. The number of anilines is 1. The number of nitrogens with two attached hydrogens (primary N) is 1. The summed E-state index contributed by atoms with van der Waals surface area (Å²) >= 11 is 0. The largest absolute Gasteiger partial charge is 0.464 e. The van der Waals surface area contributed by atoms with Gasteiger partial charge in [-0.05, 0) is 28.8 Å². The van der Waals surface area contributed by atoms with Crippen molar-refractivity contribution in [3.05, 3.63) is 107 Å². The van der Waals surface area contributed by atoms with Crippen LogP contribution in [0.15, 0.2) is 79.0 Å². The second kappa shape index (κ2) is 9.31. The molecule has 1 heterocycles. The van der Waals surface area contributed by atoms with Crippen molar-refractivity contribution >= 4 is 17.7 Å². The van der Waals surface area contributed by atoms with Crippen LogP contribution < -0.4 is 11.1 Å². The van der Waals surface area contributed by atoms with Gasteiger partial charge < -0.3 is 25.1 Å². The maximum Gasteiger partial charge on any atom is 0.408 e.